The van der Waals surface area contributed by atoms with Crippen LogP contribution in [-0.4, -0.2) is 30.0 Å². The molecule has 4 aromatic rings. The number of hydrogen-bond acceptors (Lipinski definition) is 4. The van der Waals surface area contributed by atoms with Gasteiger partial charge in [-0.25, -0.2) is 13.2 Å². The number of aryl methyl sites for hydroxylation is 3. The van der Waals surface area contributed by atoms with Crippen molar-refractivity contribution in [2.75, 3.05) is 16.2 Å². The molecule has 10 heteroatoms. The van der Waals surface area contributed by atoms with E-state index in [1.54, 1.807) is 63.5 Å². The lowest BCUT2D eigenvalue weighted by molar-refractivity contribution is -0.114. The van der Waals surface area contributed by atoms with Crippen LogP contribution in [0.4, 0.5) is 11.4 Å². The summed E-state index contributed by atoms with van der Waals surface area (Å²) in [7, 11) is -0.740. The first-order valence-electron chi connectivity index (χ1n) is 10.4. The molecule has 0 spiro atoms. The van der Waals surface area contributed by atoms with Crippen molar-refractivity contribution in [2.24, 2.45) is 14.1 Å². The van der Waals surface area contributed by atoms with Crippen molar-refractivity contribution >= 4 is 49.9 Å². The quantitative estimate of drug-likeness (QED) is 0.439. The van der Waals surface area contributed by atoms with E-state index in [4.69, 9.17) is 11.6 Å². The van der Waals surface area contributed by atoms with E-state index in [1.165, 1.54) is 33.4 Å². The lowest BCUT2D eigenvalue weighted by atomic mass is 10.2. The molecular weight excluding hydrogens is 476 g/mol. The maximum absolute atomic E-state index is 13.5. The number of para-hydroxylation sites is 1. The van der Waals surface area contributed by atoms with Crippen LogP contribution in [-0.2, 0) is 28.9 Å². The van der Waals surface area contributed by atoms with E-state index < -0.39 is 22.5 Å². The molecule has 1 amide bonds. The highest BCUT2D eigenvalue weighted by Crippen LogP contribution is 2.27. The van der Waals surface area contributed by atoms with Gasteiger partial charge in [0.2, 0.25) is 5.91 Å². The summed E-state index contributed by atoms with van der Waals surface area (Å²) in [5, 5.41) is 3.16. The maximum atomic E-state index is 13.5. The fraction of sp³-hybridized carbons (Fsp3) is 0.167. The number of halogens is 1. The van der Waals surface area contributed by atoms with Crippen molar-refractivity contribution in [1.29, 1.82) is 0 Å². The minimum atomic E-state index is -4.06. The lowest BCUT2D eigenvalue weighted by Gasteiger charge is -2.25. The normalized spacial score (nSPS) is 11.5. The van der Waals surface area contributed by atoms with Gasteiger partial charge < -0.3 is 5.32 Å². The van der Waals surface area contributed by atoms with Gasteiger partial charge >= 0.3 is 5.69 Å². The molecule has 0 saturated carbocycles. The van der Waals surface area contributed by atoms with E-state index in [2.05, 4.69) is 5.32 Å². The van der Waals surface area contributed by atoms with Gasteiger partial charge in [-0.15, -0.1) is 0 Å². The molecule has 176 valence electrons. The molecule has 0 atom stereocenters. The Morgan fingerprint density at radius 1 is 0.971 bits per heavy atom. The van der Waals surface area contributed by atoms with Gasteiger partial charge in [0, 0.05) is 24.8 Å². The third kappa shape index (κ3) is 4.32. The summed E-state index contributed by atoms with van der Waals surface area (Å²) in [4.78, 5) is 25.2. The molecule has 8 nitrogen and oxygen atoms in total. The largest absolute Gasteiger partial charge is 0.328 e. The van der Waals surface area contributed by atoms with Crippen LogP contribution in [0.2, 0.25) is 5.02 Å². The summed E-state index contributed by atoms with van der Waals surface area (Å²) < 4.78 is 31.1. The Labute approximate surface area is 202 Å². The number of aromatic nitrogens is 2. The van der Waals surface area contributed by atoms with E-state index >= 15 is 0 Å². The zero-order valence-corrected chi connectivity index (χ0v) is 20.4. The first kappa shape index (κ1) is 23.6. The van der Waals surface area contributed by atoms with Crippen LogP contribution in [0.25, 0.3) is 11.0 Å². The number of fused-ring (bicyclic) bond motifs is 1. The zero-order valence-electron chi connectivity index (χ0n) is 18.8. The fourth-order valence-electron chi connectivity index (χ4n) is 3.79. The summed E-state index contributed by atoms with van der Waals surface area (Å²) in [6.45, 7) is 1.34. The number of imidazole rings is 1. The van der Waals surface area contributed by atoms with Crippen LogP contribution in [0, 0.1) is 6.92 Å². The molecule has 0 bridgehead atoms. The average Bonchev–Trinajstić information content (AvgIpc) is 3.02. The predicted molar refractivity (Wildman–Crippen MR) is 134 cm³/mol. The Kier molecular flexibility index (Phi) is 6.24. The molecule has 0 aliphatic rings. The highest BCUT2D eigenvalue weighted by Gasteiger charge is 2.28. The van der Waals surface area contributed by atoms with Crippen LogP contribution in [0.3, 0.4) is 0 Å². The van der Waals surface area contributed by atoms with Crippen molar-refractivity contribution in [2.45, 2.75) is 11.8 Å². The van der Waals surface area contributed by atoms with Crippen molar-refractivity contribution in [3.63, 3.8) is 0 Å². The molecule has 3 aromatic carbocycles. The Bertz CT molecular complexity index is 1560. The third-order valence-corrected chi connectivity index (χ3v) is 7.65. The zero-order chi connectivity index (χ0) is 24.6. The van der Waals surface area contributed by atoms with Crippen LogP contribution in [0.15, 0.2) is 76.4 Å². The minimum Gasteiger partial charge on any atom is -0.324 e. The van der Waals surface area contributed by atoms with Gasteiger partial charge in [0.05, 0.1) is 21.6 Å². The van der Waals surface area contributed by atoms with Crippen molar-refractivity contribution < 1.29 is 13.2 Å². The second kappa shape index (κ2) is 9.00. The van der Waals surface area contributed by atoms with Crippen molar-refractivity contribution in [1.82, 2.24) is 9.13 Å². The predicted octanol–water partition coefficient (Wildman–Crippen LogP) is 3.67. The number of anilines is 2. The molecular formula is C24H23ClN4O4S. The first-order chi connectivity index (χ1) is 16.1. The SMILES string of the molecule is Cc1ccccc1N(CC(=O)Nc1ccc2c(c1)n(C)c(=O)n2C)S(=O)(=O)c1ccc(Cl)cc1. The van der Waals surface area contributed by atoms with E-state index in [0.717, 1.165) is 9.82 Å². The standard InChI is InChI=1S/C24H23ClN4O4S/c1-16-6-4-5-7-20(16)29(34(32,33)19-11-8-17(25)9-12-19)15-23(30)26-18-10-13-21-22(14-18)28(3)24(31)27(21)2/h4-14H,15H2,1-3H3,(H,26,30). The highest BCUT2D eigenvalue weighted by molar-refractivity contribution is 7.92. The number of carbonyl (C=O) groups excluding carboxylic acids is 1. The van der Waals surface area contributed by atoms with E-state index in [-0.39, 0.29) is 10.6 Å². The highest BCUT2D eigenvalue weighted by atomic mass is 35.5. The summed E-state index contributed by atoms with van der Waals surface area (Å²) in [5.74, 6) is -0.527. The van der Waals surface area contributed by atoms with Gasteiger partial charge in [0.25, 0.3) is 10.0 Å². The summed E-state index contributed by atoms with van der Waals surface area (Å²) >= 11 is 5.93. The number of rotatable bonds is 6. The van der Waals surface area contributed by atoms with Gasteiger partial charge in [0.1, 0.15) is 6.54 Å². The van der Waals surface area contributed by atoms with E-state index in [0.29, 0.717) is 27.5 Å². The maximum Gasteiger partial charge on any atom is 0.328 e. The Morgan fingerprint density at radius 2 is 1.62 bits per heavy atom. The van der Waals surface area contributed by atoms with E-state index in [9.17, 15) is 18.0 Å². The van der Waals surface area contributed by atoms with Crippen LogP contribution in [0.1, 0.15) is 5.56 Å². The van der Waals surface area contributed by atoms with Gasteiger partial charge in [-0.3, -0.25) is 18.2 Å². The second-order valence-electron chi connectivity index (χ2n) is 7.90. The second-order valence-corrected chi connectivity index (χ2v) is 10.2. The Hall–Kier alpha value is -3.56. The molecule has 0 fully saturated rings. The third-order valence-electron chi connectivity index (χ3n) is 5.63. The number of hydrogen-bond donors (Lipinski definition) is 1. The molecule has 4 rings (SSSR count). The average molecular weight is 499 g/mol. The van der Waals surface area contributed by atoms with Crippen LogP contribution < -0.4 is 15.3 Å². The molecule has 0 saturated heterocycles. The number of benzene rings is 3. The minimum absolute atomic E-state index is 0.0219. The molecule has 0 radical (unpaired) electrons. The topological polar surface area (TPSA) is 93.4 Å². The fourth-order valence-corrected chi connectivity index (χ4v) is 5.40. The number of amides is 1. The number of carbonyl (C=O) groups is 1. The van der Waals surface area contributed by atoms with Crippen LogP contribution in [0.5, 0.6) is 0 Å². The molecule has 34 heavy (non-hydrogen) atoms. The van der Waals surface area contributed by atoms with Gasteiger partial charge in [0.15, 0.2) is 0 Å². The van der Waals surface area contributed by atoms with Crippen LogP contribution >= 0.6 is 11.6 Å². The summed E-state index contributed by atoms with van der Waals surface area (Å²) in [6, 6.07) is 17.8. The van der Waals surface area contributed by atoms with Gasteiger partial charge in [-0.1, -0.05) is 29.8 Å². The molecule has 1 heterocycles. The van der Waals surface area contributed by atoms with E-state index in [1.807, 2.05) is 0 Å². The molecule has 1 aromatic heterocycles. The Morgan fingerprint density at radius 3 is 2.29 bits per heavy atom. The molecule has 0 aliphatic carbocycles. The van der Waals surface area contributed by atoms with Crippen molar-refractivity contribution in [3.05, 3.63) is 87.8 Å². The smallest absolute Gasteiger partial charge is 0.324 e. The monoisotopic (exact) mass is 498 g/mol. The lowest BCUT2D eigenvalue weighted by Crippen LogP contribution is -2.38. The Balaban J connectivity index is 1.68. The molecule has 1 N–H and O–H groups in total. The number of nitrogens with one attached hydrogen (secondary N) is 1. The number of nitrogens with zero attached hydrogens (tertiary/aromatic N) is 3. The van der Waals surface area contributed by atoms with Crippen molar-refractivity contribution in [3.8, 4) is 0 Å². The van der Waals surface area contributed by atoms with Gasteiger partial charge in [-0.05, 0) is 61.0 Å². The molecule has 0 aliphatic heterocycles. The first-order valence-corrected chi connectivity index (χ1v) is 12.2. The van der Waals surface area contributed by atoms with Gasteiger partial charge in [-0.2, -0.15) is 0 Å². The number of sulfonamides is 1. The summed E-state index contributed by atoms with van der Waals surface area (Å²) in [5.41, 5.74) is 2.74. The summed E-state index contributed by atoms with van der Waals surface area (Å²) in [6.07, 6.45) is 0. The molecule has 0 unspecified atom stereocenters.